The summed E-state index contributed by atoms with van der Waals surface area (Å²) in [5, 5.41) is 3.40. The molecule has 23 heavy (non-hydrogen) atoms. The third kappa shape index (κ3) is 5.91. The number of unbranched alkanes of at least 4 members (excludes halogenated alkanes) is 1. The number of hydrogen-bond acceptors (Lipinski definition) is 2. The number of morpholine rings is 1. The van der Waals surface area contributed by atoms with Crippen molar-refractivity contribution in [3.05, 3.63) is 35.6 Å². The summed E-state index contributed by atoms with van der Waals surface area (Å²) in [5.41, 5.74) is 1.00. The summed E-state index contributed by atoms with van der Waals surface area (Å²) in [6, 6.07) is 6.56. The highest BCUT2D eigenvalue weighted by atomic mass is 127. The molecule has 0 saturated carbocycles. The smallest absolute Gasteiger partial charge is 0.193 e. The predicted molar refractivity (Wildman–Crippen MR) is 103 cm³/mol. The lowest BCUT2D eigenvalue weighted by Gasteiger charge is -2.38. The van der Waals surface area contributed by atoms with E-state index in [1.165, 1.54) is 12.1 Å². The second-order valence-electron chi connectivity index (χ2n) is 5.72. The molecular formula is C17H27FIN3O. The van der Waals surface area contributed by atoms with E-state index in [1.54, 1.807) is 19.2 Å². The molecule has 2 unspecified atom stereocenters. The third-order valence-electron chi connectivity index (χ3n) is 3.83. The highest BCUT2D eigenvalue weighted by Crippen LogP contribution is 2.25. The van der Waals surface area contributed by atoms with E-state index in [-0.39, 0.29) is 42.0 Å². The van der Waals surface area contributed by atoms with Gasteiger partial charge in [0.05, 0.1) is 12.6 Å². The Morgan fingerprint density at radius 2 is 2.04 bits per heavy atom. The summed E-state index contributed by atoms with van der Waals surface area (Å²) < 4.78 is 19.1. The first-order valence-electron chi connectivity index (χ1n) is 8.00. The maximum absolute atomic E-state index is 13.1. The molecule has 1 aliphatic rings. The number of nitrogens with one attached hydrogen (secondary N) is 1. The Bertz CT molecular complexity index is 495. The minimum absolute atomic E-state index is 0. The molecule has 0 aliphatic carbocycles. The molecule has 0 aromatic heterocycles. The molecule has 0 spiro atoms. The highest BCUT2D eigenvalue weighted by Gasteiger charge is 2.28. The van der Waals surface area contributed by atoms with Crippen LogP contribution in [-0.4, -0.2) is 43.6 Å². The van der Waals surface area contributed by atoms with E-state index in [2.05, 4.69) is 29.1 Å². The van der Waals surface area contributed by atoms with E-state index in [1.807, 2.05) is 0 Å². The van der Waals surface area contributed by atoms with Gasteiger partial charge in [0.25, 0.3) is 0 Å². The lowest BCUT2D eigenvalue weighted by molar-refractivity contribution is -0.0605. The van der Waals surface area contributed by atoms with Gasteiger partial charge in [-0.2, -0.15) is 0 Å². The molecule has 0 amide bonds. The van der Waals surface area contributed by atoms with Crippen molar-refractivity contribution in [3.8, 4) is 0 Å². The van der Waals surface area contributed by atoms with Crippen molar-refractivity contribution in [3.63, 3.8) is 0 Å². The van der Waals surface area contributed by atoms with Crippen LogP contribution in [0.25, 0.3) is 0 Å². The number of halogens is 2. The maximum Gasteiger partial charge on any atom is 0.193 e. The molecule has 0 bridgehead atoms. The molecule has 1 aromatic rings. The van der Waals surface area contributed by atoms with Gasteiger partial charge in [0.2, 0.25) is 0 Å². The summed E-state index contributed by atoms with van der Waals surface area (Å²) in [4.78, 5) is 6.60. The minimum Gasteiger partial charge on any atom is -0.367 e. The SMILES string of the molecule is CCCCNC(=NC)N1CC(C)OC(c2ccc(F)cc2)C1.I. The molecular weight excluding hydrogens is 408 g/mol. The summed E-state index contributed by atoms with van der Waals surface area (Å²) in [6.45, 7) is 6.69. The van der Waals surface area contributed by atoms with Crippen LogP contribution in [0.3, 0.4) is 0 Å². The predicted octanol–water partition coefficient (Wildman–Crippen LogP) is 3.58. The van der Waals surface area contributed by atoms with Crippen molar-refractivity contribution in [2.24, 2.45) is 4.99 Å². The molecule has 4 nitrogen and oxygen atoms in total. The maximum atomic E-state index is 13.1. The van der Waals surface area contributed by atoms with Crippen LogP contribution in [0.5, 0.6) is 0 Å². The van der Waals surface area contributed by atoms with Gasteiger partial charge >= 0.3 is 0 Å². The Morgan fingerprint density at radius 3 is 2.65 bits per heavy atom. The van der Waals surface area contributed by atoms with Crippen molar-refractivity contribution in [1.82, 2.24) is 10.2 Å². The molecule has 130 valence electrons. The largest absolute Gasteiger partial charge is 0.367 e. The van der Waals surface area contributed by atoms with Crippen LogP contribution >= 0.6 is 24.0 Å². The first kappa shape index (κ1) is 20.2. The number of hydrogen-bond donors (Lipinski definition) is 1. The molecule has 1 N–H and O–H groups in total. The van der Waals surface area contributed by atoms with E-state index in [0.717, 1.165) is 44.0 Å². The van der Waals surface area contributed by atoms with Crippen molar-refractivity contribution < 1.29 is 9.13 Å². The van der Waals surface area contributed by atoms with Gasteiger partial charge in [-0.25, -0.2) is 4.39 Å². The Morgan fingerprint density at radius 1 is 1.35 bits per heavy atom. The van der Waals surface area contributed by atoms with Crippen LogP contribution in [0.2, 0.25) is 0 Å². The Hall–Kier alpha value is -0.890. The zero-order valence-electron chi connectivity index (χ0n) is 14.1. The van der Waals surface area contributed by atoms with E-state index >= 15 is 0 Å². The first-order valence-corrected chi connectivity index (χ1v) is 8.00. The fourth-order valence-electron chi connectivity index (χ4n) is 2.70. The molecule has 1 aromatic carbocycles. The zero-order valence-corrected chi connectivity index (χ0v) is 16.4. The van der Waals surface area contributed by atoms with Gasteiger partial charge in [0, 0.05) is 20.1 Å². The normalized spacial score (nSPS) is 21.7. The zero-order chi connectivity index (χ0) is 15.9. The Labute approximate surface area is 155 Å². The van der Waals surface area contributed by atoms with E-state index in [9.17, 15) is 4.39 Å². The van der Waals surface area contributed by atoms with E-state index in [0.29, 0.717) is 0 Å². The quantitative estimate of drug-likeness (QED) is 0.340. The van der Waals surface area contributed by atoms with Crippen LogP contribution in [-0.2, 0) is 4.74 Å². The average molecular weight is 435 g/mol. The van der Waals surface area contributed by atoms with Gasteiger partial charge in [-0.1, -0.05) is 25.5 Å². The topological polar surface area (TPSA) is 36.9 Å². The molecule has 1 heterocycles. The van der Waals surface area contributed by atoms with Crippen LogP contribution in [0.15, 0.2) is 29.3 Å². The second-order valence-corrected chi connectivity index (χ2v) is 5.72. The Balaban J connectivity index is 0.00000264. The lowest BCUT2D eigenvalue weighted by atomic mass is 10.1. The van der Waals surface area contributed by atoms with Crippen molar-refractivity contribution in [1.29, 1.82) is 0 Å². The van der Waals surface area contributed by atoms with Gasteiger partial charge in [0.15, 0.2) is 5.96 Å². The highest BCUT2D eigenvalue weighted by molar-refractivity contribution is 14.0. The molecule has 1 aliphatic heterocycles. The van der Waals surface area contributed by atoms with Gasteiger partial charge in [0.1, 0.15) is 11.9 Å². The molecule has 6 heteroatoms. The van der Waals surface area contributed by atoms with Crippen LogP contribution in [0, 0.1) is 5.82 Å². The summed E-state index contributed by atoms with van der Waals surface area (Å²) in [7, 11) is 1.81. The lowest BCUT2D eigenvalue weighted by Crippen LogP contribution is -2.50. The van der Waals surface area contributed by atoms with Crippen molar-refractivity contribution in [2.45, 2.75) is 38.9 Å². The monoisotopic (exact) mass is 435 g/mol. The number of aliphatic imine (C=N–C) groups is 1. The molecule has 2 atom stereocenters. The number of guanidine groups is 1. The Kier molecular flexibility index (Phi) is 8.83. The number of rotatable bonds is 4. The van der Waals surface area contributed by atoms with Crippen molar-refractivity contribution in [2.75, 3.05) is 26.7 Å². The first-order chi connectivity index (χ1) is 10.6. The fourth-order valence-corrected chi connectivity index (χ4v) is 2.70. The number of ether oxygens (including phenoxy) is 1. The van der Waals surface area contributed by atoms with Crippen LogP contribution in [0.1, 0.15) is 38.4 Å². The second kappa shape index (κ2) is 10.1. The summed E-state index contributed by atoms with van der Waals surface area (Å²) in [6.07, 6.45) is 2.32. The average Bonchev–Trinajstić information content (AvgIpc) is 2.52. The summed E-state index contributed by atoms with van der Waals surface area (Å²) in [5.74, 6) is 0.692. The van der Waals surface area contributed by atoms with E-state index in [4.69, 9.17) is 4.74 Å². The number of benzene rings is 1. The van der Waals surface area contributed by atoms with Crippen molar-refractivity contribution >= 4 is 29.9 Å². The minimum atomic E-state index is -0.221. The van der Waals surface area contributed by atoms with Gasteiger partial charge in [-0.15, -0.1) is 24.0 Å². The molecule has 0 radical (unpaired) electrons. The van der Waals surface area contributed by atoms with Gasteiger partial charge in [-0.3, -0.25) is 4.99 Å². The fraction of sp³-hybridized carbons (Fsp3) is 0.588. The third-order valence-corrected chi connectivity index (χ3v) is 3.83. The van der Waals surface area contributed by atoms with E-state index < -0.39 is 0 Å². The summed E-state index contributed by atoms with van der Waals surface area (Å²) >= 11 is 0. The molecule has 1 fully saturated rings. The standard InChI is InChI=1S/C17H26FN3O.HI/c1-4-5-10-20-17(19-3)21-11-13(2)22-16(12-21)14-6-8-15(18)9-7-14;/h6-9,13,16H,4-5,10-12H2,1-3H3,(H,19,20);1H. The van der Waals surface area contributed by atoms with Crippen LogP contribution < -0.4 is 5.32 Å². The van der Waals surface area contributed by atoms with Gasteiger partial charge < -0.3 is 15.0 Å². The molecule has 2 rings (SSSR count). The molecule has 1 saturated heterocycles. The number of nitrogens with zero attached hydrogens (tertiary/aromatic N) is 2. The van der Waals surface area contributed by atoms with Gasteiger partial charge in [-0.05, 0) is 31.0 Å². The van der Waals surface area contributed by atoms with Crippen LogP contribution in [0.4, 0.5) is 4.39 Å².